The van der Waals surface area contributed by atoms with Crippen molar-refractivity contribution in [2.24, 2.45) is 0 Å². The second kappa shape index (κ2) is 9.97. The SMILES string of the molecule is c1ccc(-c2nc(-c3ccccc3)nc(-c3ccc4oc5cc(-c6ccc7sc8ccccc8c7c6)ccc5c4c3)n2)cc1. The average molecular weight is 582 g/mol. The maximum Gasteiger partial charge on any atom is 0.164 e. The van der Waals surface area contributed by atoms with Crippen LogP contribution in [0.3, 0.4) is 0 Å². The Labute approximate surface area is 256 Å². The Morgan fingerprint density at radius 2 is 0.932 bits per heavy atom. The van der Waals surface area contributed by atoms with Crippen molar-refractivity contribution in [3.8, 4) is 45.3 Å². The summed E-state index contributed by atoms with van der Waals surface area (Å²) >= 11 is 1.84. The molecule has 0 aliphatic heterocycles. The molecule has 0 N–H and O–H groups in total. The van der Waals surface area contributed by atoms with Gasteiger partial charge in [-0.25, -0.2) is 15.0 Å². The quantitative estimate of drug-likeness (QED) is 0.207. The number of rotatable bonds is 4. The van der Waals surface area contributed by atoms with Gasteiger partial charge in [-0.15, -0.1) is 11.3 Å². The minimum Gasteiger partial charge on any atom is -0.456 e. The molecular formula is C39H23N3OS. The van der Waals surface area contributed by atoms with Gasteiger partial charge in [0.05, 0.1) is 0 Å². The smallest absolute Gasteiger partial charge is 0.164 e. The Bertz CT molecular complexity index is 2440. The van der Waals surface area contributed by atoms with E-state index >= 15 is 0 Å². The summed E-state index contributed by atoms with van der Waals surface area (Å²) < 4.78 is 9.00. The number of benzene rings is 6. The normalized spacial score (nSPS) is 11.6. The van der Waals surface area contributed by atoms with Gasteiger partial charge in [-0.2, -0.15) is 0 Å². The van der Waals surface area contributed by atoms with E-state index in [1.165, 1.54) is 25.7 Å². The molecule has 0 saturated heterocycles. The molecule has 9 aromatic rings. The van der Waals surface area contributed by atoms with E-state index in [2.05, 4.69) is 66.7 Å². The first kappa shape index (κ1) is 24.9. The molecule has 0 atom stereocenters. The van der Waals surface area contributed by atoms with Crippen LogP contribution in [0.4, 0.5) is 0 Å². The van der Waals surface area contributed by atoms with Gasteiger partial charge in [-0.3, -0.25) is 0 Å². The highest BCUT2D eigenvalue weighted by atomic mass is 32.1. The first-order valence-corrected chi connectivity index (χ1v) is 15.3. The Hall–Kier alpha value is -5.65. The molecule has 5 heteroatoms. The molecule has 3 aromatic heterocycles. The zero-order valence-corrected chi connectivity index (χ0v) is 24.3. The lowest BCUT2D eigenvalue weighted by molar-refractivity contribution is 0.669. The fourth-order valence-corrected chi connectivity index (χ4v) is 7.03. The van der Waals surface area contributed by atoms with Gasteiger partial charge in [0, 0.05) is 47.6 Å². The van der Waals surface area contributed by atoms with E-state index in [9.17, 15) is 0 Å². The Kier molecular flexibility index (Phi) is 5.64. The average Bonchev–Trinajstić information content (AvgIpc) is 3.66. The van der Waals surface area contributed by atoms with Gasteiger partial charge in [-0.1, -0.05) is 91.0 Å². The van der Waals surface area contributed by atoms with Crippen molar-refractivity contribution in [1.29, 1.82) is 0 Å². The van der Waals surface area contributed by atoms with Crippen LogP contribution in [0.25, 0.3) is 87.4 Å². The van der Waals surface area contributed by atoms with E-state index in [-0.39, 0.29) is 0 Å². The summed E-state index contributed by atoms with van der Waals surface area (Å²) in [6.45, 7) is 0. The van der Waals surface area contributed by atoms with Crippen molar-refractivity contribution in [2.75, 3.05) is 0 Å². The predicted molar refractivity (Wildman–Crippen MR) is 182 cm³/mol. The van der Waals surface area contributed by atoms with Crippen LogP contribution in [-0.4, -0.2) is 15.0 Å². The lowest BCUT2D eigenvalue weighted by atomic mass is 10.0. The van der Waals surface area contributed by atoms with Crippen molar-refractivity contribution in [1.82, 2.24) is 15.0 Å². The third-order valence-electron chi connectivity index (χ3n) is 8.14. The third-order valence-corrected chi connectivity index (χ3v) is 9.29. The van der Waals surface area contributed by atoms with Crippen LogP contribution in [0, 0.1) is 0 Å². The minimum atomic E-state index is 0.627. The van der Waals surface area contributed by atoms with Gasteiger partial charge < -0.3 is 4.42 Å². The highest BCUT2D eigenvalue weighted by Gasteiger charge is 2.15. The largest absolute Gasteiger partial charge is 0.456 e. The maximum atomic E-state index is 6.38. The number of aromatic nitrogens is 3. The number of fused-ring (bicyclic) bond motifs is 6. The number of hydrogen-bond acceptors (Lipinski definition) is 5. The molecule has 0 radical (unpaired) electrons. The number of hydrogen-bond donors (Lipinski definition) is 0. The van der Waals surface area contributed by atoms with E-state index in [1.54, 1.807) is 0 Å². The molecule has 0 unspecified atom stereocenters. The molecule has 6 aromatic carbocycles. The van der Waals surface area contributed by atoms with Gasteiger partial charge in [0.25, 0.3) is 0 Å². The summed E-state index contributed by atoms with van der Waals surface area (Å²) in [7, 11) is 0. The second-order valence-corrected chi connectivity index (χ2v) is 12.0. The van der Waals surface area contributed by atoms with Crippen LogP contribution >= 0.6 is 11.3 Å². The summed E-state index contributed by atoms with van der Waals surface area (Å²) in [6, 6.07) is 48.1. The molecule has 3 heterocycles. The molecule has 9 rings (SSSR count). The molecule has 0 aliphatic rings. The molecule has 0 saturated carbocycles. The molecule has 44 heavy (non-hydrogen) atoms. The van der Waals surface area contributed by atoms with Crippen LogP contribution in [0.1, 0.15) is 0 Å². The molecular weight excluding hydrogens is 559 g/mol. The predicted octanol–water partition coefficient (Wildman–Crippen LogP) is 10.8. The number of furan rings is 1. The van der Waals surface area contributed by atoms with Crippen molar-refractivity contribution in [3.05, 3.63) is 140 Å². The highest BCUT2D eigenvalue weighted by molar-refractivity contribution is 7.25. The molecule has 0 fully saturated rings. The maximum absolute atomic E-state index is 6.38. The van der Waals surface area contributed by atoms with E-state index in [4.69, 9.17) is 19.4 Å². The fraction of sp³-hybridized carbons (Fsp3) is 0. The topological polar surface area (TPSA) is 51.8 Å². The van der Waals surface area contributed by atoms with Crippen LogP contribution in [0.2, 0.25) is 0 Å². The molecule has 0 spiro atoms. The summed E-state index contributed by atoms with van der Waals surface area (Å²) in [5, 5.41) is 4.69. The van der Waals surface area contributed by atoms with E-state index in [1.807, 2.05) is 84.1 Å². The van der Waals surface area contributed by atoms with Crippen molar-refractivity contribution < 1.29 is 4.42 Å². The zero-order valence-electron chi connectivity index (χ0n) is 23.4. The summed E-state index contributed by atoms with van der Waals surface area (Å²) in [5.74, 6) is 1.92. The van der Waals surface area contributed by atoms with Gasteiger partial charge in [0.1, 0.15) is 11.2 Å². The second-order valence-electron chi connectivity index (χ2n) is 10.9. The first-order valence-electron chi connectivity index (χ1n) is 14.5. The molecule has 4 nitrogen and oxygen atoms in total. The van der Waals surface area contributed by atoms with Gasteiger partial charge in [0.15, 0.2) is 17.5 Å². The monoisotopic (exact) mass is 581 g/mol. The summed E-state index contributed by atoms with van der Waals surface area (Å²) in [6.07, 6.45) is 0. The standard InChI is InChI=1S/C39H23N3OS/c1-3-9-24(10-4-1)37-40-38(25-11-5-2-6-12-25)42-39(41-37)28-16-19-33-31(22-28)29-18-15-27(23-34(29)43-33)26-17-20-36-32(21-26)30-13-7-8-14-35(30)44-36/h1-23H. The van der Waals surface area contributed by atoms with Crippen LogP contribution in [-0.2, 0) is 0 Å². The van der Waals surface area contributed by atoms with Crippen molar-refractivity contribution >= 4 is 53.4 Å². The Morgan fingerprint density at radius 3 is 1.68 bits per heavy atom. The zero-order chi connectivity index (χ0) is 29.0. The van der Waals surface area contributed by atoms with Gasteiger partial charge in [0.2, 0.25) is 0 Å². The van der Waals surface area contributed by atoms with Crippen LogP contribution in [0.15, 0.2) is 144 Å². The Balaban J connectivity index is 1.16. The number of thiophene rings is 1. The highest BCUT2D eigenvalue weighted by Crippen LogP contribution is 2.38. The van der Waals surface area contributed by atoms with Gasteiger partial charge in [-0.05, 0) is 59.7 Å². The van der Waals surface area contributed by atoms with Crippen LogP contribution < -0.4 is 0 Å². The van der Waals surface area contributed by atoms with E-state index in [0.717, 1.165) is 44.2 Å². The Morgan fingerprint density at radius 1 is 0.364 bits per heavy atom. The first-order chi connectivity index (χ1) is 21.8. The third kappa shape index (κ3) is 4.17. The fourth-order valence-electron chi connectivity index (χ4n) is 5.94. The minimum absolute atomic E-state index is 0.627. The van der Waals surface area contributed by atoms with Gasteiger partial charge >= 0.3 is 0 Å². The summed E-state index contributed by atoms with van der Waals surface area (Å²) in [4.78, 5) is 14.7. The summed E-state index contributed by atoms with van der Waals surface area (Å²) in [5.41, 5.74) is 6.81. The van der Waals surface area contributed by atoms with Crippen LogP contribution in [0.5, 0.6) is 0 Å². The number of nitrogens with zero attached hydrogens (tertiary/aromatic N) is 3. The molecule has 0 bridgehead atoms. The van der Waals surface area contributed by atoms with E-state index < -0.39 is 0 Å². The lowest BCUT2D eigenvalue weighted by Gasteiger charge is -2.08. The van der Waals surface area contributed by atoms with Crippen molar-refractivity contribution in [3.63, 3.8) is 0 Å². The van der Waals surface area contributed by atoms with Crippen molar-refractivity contribution in [2.45, 2.75) is 0 Å². The molecule has 0 aliphatic carbocycles. The molecule has 0 amide bonds. The van der Waals surface area contributed by atoms with E-state index in [0.29, 0.717) is 17.5 Å². The molecule has 206 valence electrons. The lowest BCUT2D eigenvalue weighted by Crippen LogP contribution is -2.00.